The third-order valence-electron chi connectivity index (χ3n) is 3.43. The molecular formula is C17H15FN4O2. The first-order valence-electron chi connectivity index (χ1n) is 7.50. The van der Waals surface area contributed by atoms with E-state index in [1.54, 1.807) is 24.3 Å². The summed E-state index contributed by atoms with van der Waals surface area (Å²) in [6, 6.07) is 9.38. The number of nitrogens with zero attached hydrogens (tertiary/aromatic N) is 4. The number of rotatable bonds is 5. The predicted molar refractivity (Wildman–Crippen MR) is 85.5 cm³/mol. The topological polar surface area (TPSA) is 80.9 Å². The van der Waals surface area contributed by atoms with Gasteiger partial charge in [0.2, 0.25) is 0 Å². The van der Waals surface area contributed by atoms with Crippen LogP contribution in [0.1, 0.15) is 29.5 Å². The predicted octanol–water partition coefficient (Wildman–Crippen LogP) is 3.12. The van der Waals surface area contributed by atoms with Gasteiger partial charge in [0.15, 0.2) is 17.3 Å². The number of aryl methyl sites for hydroxylation is 1. The number of hydrogen-bond acceptors (Lipinski definition) is 4. The molecule has 2 aromatic heterocycles. The quantitative estimate of drug-likeness (QED) is 0.779. The highest BCUT2D eigenvalue weighted by Crippen LogP contribution is 2.21. The smallest absolute Gasteiger partial charge is 0.356 e. The Hall–Kier alpha value is -3.09. The third-order valence-corrected chi connectivity index (χ3v) is 3.43. The second-order valence-corrected chi connectivity index (χ2v) is 5.22. The Morgan fingerprint density at radius 2 is 2.04 bits per heavy atom. The fourth-order valence-electron chi connectivity index (χ4n) is 2.31. The fraction of sp³-hybridized carbons (Fsp3) is 0.176. The molecule has 0 atom stereocenters. The highest BCUT2D eigenvalue weighted by Gasteiger charge is 2.13. The highest BCUT2D eigenvalue weighted by atomic mass is 19.1. The molecule has 3 rings (SSSR count). The van der Waals surface area contributed by atoms with Crippen molar-refractivity contribution in [1.82, 2.24) is 19.7 Å². The van der Waals surface area contributed by atoms with Crippen molar-refractivity contribution in [2.45, 2.75) is 19.8 Å². The molecule has 0 amide bonds. The number of aromatic nitrogens is 4. The lowest BCUT2D eigenvalue weighted by Gasteiger charge is -2.08. The van der Waals surface area contributed by atoms with E-state index in [0.29, 0.717) is 17.8 Å². The zero-order valence-electron chi connectivity index (χ0n) is 13.0. The standard InChI is InChI=1S/C17H15FN4O2/c1-2-5-11-10-15(22-9-8-14(21-22)17(23)24)20-16(19-11)12-6-3-4-7-13(12)18/h3-4,6-10H,2,5H2,1H3,(H,23,24). The van der Waals surface area contributed by atoms with Crippen LogP contribution in [-0.2, 0) is 6.42 Å². The molecule has 24 heavy (non-hydrogen) atoms. The lowest BCUT2D eigenvalue weighted by Crippen LogP contribution is -2.06. The van der Waals surface area contributed by atoms with E-state index < -0.39 is 11.8 Å². The average Bonchev–Trinajstić information content (AvgIpc) is 3.06. The van der Waals surface area contributed by atoms with Crippen LogP contribution in [0.25, 0.3) is 17.2 Å². The number of carboxylic acid groups (broad SMARTS) is 1. The number of halogens is 1. The van der Waals surface area contributed by atoms with E-state index in [-0.39, 0.29) is 11.5 Å². The van der Waals surface area contributed by atoms with Crippen LogP contribution >= 0.6 is 0 Å². The van der Waals surface area contributed by atoms with E-state index in [1.165, 1.54) is 23.0 Å². The average molecular weight is 326 g/mol. The maximum atomic E-state index is 14.1. The molecule has 0 aliphatic carbocycles. The van der Waals surface area contributed by atoms with E-state index in [1.807, 2.05) is 6.92 Å². The molecule has 0 fully saturated rings. The van der Waals surface area contributed by atoms with Crippen LogP contribution < -0.4 is 0 Å². The Bertz CT molecular complexity index is 892. The van der Waals surface area contributed by atoms with Gasteiger partial charge in [-0.15, -0.1) is 0 Å². The van der Waals surface area contributed by atoms with Crippen LogP contribution in [0.5, 0.6) is 0 Å². The van der Waals surface area contributed by atoms with Crippen molar-refractivity contribution in [1.29, 1.82) is 0 Å². The molecule has 1 N–H and O–H groups in total. The number of aromatic carboxylic acids is 1. The summed E-state index contributed by atoms with van der Waals surface area (Å²) in [6.45, 7) is 2.01. The molecule has 7 heteroatoms. The van der Waals surface area contributed by atoms with Crippen LogP contribution in [0.4, 0.5) is 4.39 Å². The van der Waals surface area contributed by atoms with Gasteiger partial charge in [0.05, 0.1) is 5.56 Å². The first kappa shape index (κ1) is 15.8. The van der Waals surface area contributed by atoms with Gasteiger partial charge in [-0.25, -0.2) is 23.8 Å². The third kappa shape index (κ3) is 3.15. The maximum absolute atomic E-state index is 14.1. The maximum Gasteiger partial charge on any atom is 0.356 e. The molecule has 0 spiro atoms. The molecule has 0 saturated heterocycles. The number of carboxylic acids is 1. The monoisotopic (exact) mass is 326 g/mol. The van der Waals surface area contributed by atoms with E-state index in [0.717, 1.165) is 12.1 Å². The number of hydrogen-bond donors (Lipinski definition) is 1. The summed E-state index contributed by atoms with van der Waals surface area (Å²) >= 11 is 0. The van der Waals surface area contributed by atoms with Gasteiger partial charge in [-0.1, -0.05) is 25.5 Å². The fourth-order valence-corrected chi connectivity index (χ4v) is 2.31. The highest BCUT2D eigenvalue weighted by molar-refractivity contribution is 5.85. The Labute approximate surface area is 137 Å². The molecule has 1 aromatic carbocycles. The molecule has 0 bridgehead atoms. The molecule has 122 valence electrons. The minimum Gasteiger partial charge on any atom is -0.476 e. The first-order chi connectivity index (χ1) is 11.6. The normalized spacial score (nSPS) is 10.8. The van der Waals surface area contributed by atoms with E-state index in [2.05, 4.69) is 15.1 Å². The lowest BCUT2D eigenvalue weighted by molar-refractivity contribution is 0.0690. The van der Waals surface area contributed by atoms with Crippen LogP contribution in [-0.4, -0.2) is 30.8 Å². The Kier molecular flexibility index (Phi) is 4.33. The summed E-state index contributed by atoms with van der Waals surface area (Å²) in [5.74, 6) is -0.879. The Balaban J connectivity index is 2.12. The van der Waals surface area contributed by atoms with Crippen LogP contribution in [0.15, 0.2) is 42.6 Å². The molecule has 0 aliphatic heterocycles. The molecule has 0 aliphatic rings. The minimum absolute atomic E-state index is 0.0851. The molecule has 0 saturated carbocycles. The summed E-state index contributed by atoms with van der Waals surface area (Å²) in [6.07, 6.45) is 3.07. The zero-order chi connectivity index (χ0) is 17.1. The van der Waals surface area contributed by atoms with E-state index >= 15 is 0 Å². The van der Waals surface area contributed by atoms with E-state index in [9.17, 15) is 9.18 Å². The van der Waals surface area contributed by atoms with Gasteiger partial charge in [-0.05, 0) is 24.6 Å². The van der Waals surface area contributed by atoms with Gasteiger partial charge >= 0.3 is 5.97 Å². The van der Waals surface area contributed by atoms with Crippen molar-refractivity contribution in [2.75, 3.05) is 0 Å². The SMILES string of the molecule is CCCc1cc(-n2ccc(C(=O)O)n2)nc(-c2ccccc2F)n1. The molecule has 6 nitrogen and oxygen atoms in total. The van der Waals surface area contributed by atoms with Crippen molar-refractivity contribution < 1.29 is 14.3 Å². The first-order valence-corrected chi connectivity index (χ1v) is 7.50. The molecule has 0 unspecified atom stereocenters. The van der Waals surface area contributed by atoms with Crippen molar-refractivity contribution in [2.24, 2.45) is 0 Å². The van der Waals surface area contributed by atoms with Gasteiger partial charge in [0, 0.05) is 18.0 Å². The molecule has 3 aromatic rings. The van der Waals surface area contributed by atoms with Gasteiger partial charge in [-0.2, -0.15) is 5.10 Å². The number of benzene rings is 1. The summed E-state index contributed by atoms with van der Waals surface area (Å²) in [4.78, 5) is 19.7. The summed E-state index contributed by atoms with van der Waals surface area (Å²) < 4.78 is 15.4. The van der Waals surface area contributed by atoms with Gasteiger partial charge in [0.25, 0.3) is 0 Å². The summed E-state index contributed by atoms with van der Waals surface area (Å²) in [5, 5.41) is 13.0. The summed E-state index contributed by atoms with van der Waals surface area (Å²) in [5.41, 5.74) is 0.952. The van der Waals surface area contributed by atoms with E-state index in [4.69, 9.17) is 5.11 Å². The van der Waals surface area contributed by atoms with Crippen LogP contribution in [0.3, 0.4) is 0 Å². The van der Waals surface area contributed by atoms with Crippen molar-refractivity contribution >= 4 is 5.97 Å². The van der Waals surface area contributed by atoms with Crippen LogP contribution in [0, 0.1) is 5.82 Å². The second kappa shape index (κ2) is 6.57. The molecule has 0 radical (unpaired) electrons. The largest absolute Gasteiger partial charge is 0.476 e. The van der Waals surface area contributed by atoms with Crippen LogP contribution in [0.2, 0.25) is 0 Å². The Morgan fingerprint density at radius 3 is 2.71 bits per heavy atom. The lowest BCUT2D eigenvalue weighted by atomic mass is 10.2. The second-order valence-electron chi connectivity index (χ2n) is 5.22. The van der Waals surface area contributed by atoms with Crippen molar-refractivity contribution in [3.8, 4) is 17.2 Å². The number of carbonyl (C=O) groups is 1. The van der Waals surface area contributed by atoms with Gasteiger partial charge < -0.3 is 5.11 Å². The molecule has 2 heterocycles. The van der Waals surface area contributed by atoms with Gasteiger partial charge in [-0.3, -0.25) is 0 Å². The Morgan fingerprint density at radius 1 is 1.25 bits per heavy atom. The summed E-state index contributed by atoms with van der Waals surface area (Å²) in [7, 11) is 0. The van der Waals surface area contributed by atoms with Crippen molar-refractivity contribution in [3.63, 3.8) is 0 Å². The molecular weight excluding hydrogens is 311 g/mol. The van der Waals surface area contributed by atoms with Crippen molar-refractivity contribution in [3.05, 3.63) is 59.8 Å². The van der Waals surface area contributed by atoms with Gasteiger partial charge in [0.1, 0.15) is 5.82 Å². The minimum atomic E-state index is -1.12. The zero-order valence-corrected chi connectivity index (χ0v) is 13.0.